The Morgan fingerprint density at radius 2 is 1.80 bits per heavy atom. The monoisotopic (exact) mass is 365 g/mol. The summed E-state index contributed by atoms with van der Waals surface area (Å²) in [6.07, 6.45) is 5.85. The Morgan fingerprint density at radius 3 is 2.40 bits per heavy atom. The summed E-state index contributed by atoms with van der Waals surface area (Å²) >= 11 is 0. The fraction of sp³-hybridized carbons (Fsp3) is 0.632. The molecule has 0 radical (unpaired) electrons. The molecule has 1 spiro atoms. The van der Waals surface area contributed by atoms with Gasteiger partial charge in [0.25, 0.3) is 0 Å². The highest BCUT2D eigenvalue weighted by atomic mass is 32.2. The van der Waals surface area contributed by atoms with Crippen LogP contribution < -0.4 is 0 Å². The highest BCUT2D eigenvalue weighted by Crippen LogP contribution is 2.45. The number of benzene rings is 1. The topological polar surface area (TPSA) is 63.7 Å². The fourth-order valence-electron chi connectivity index (χ4n) is 4.30. The molecule has 3 rings (SSSR count). The zero-order valence-corrected chi connectivity index (χ0v) is 15.8. The van der Waals surface area contributed by atoms with Gasteiger partial charge >= 0.3 is 5.97 Å². The Bertz CT molecular complexity index is 720. The van der Waals surface area contributed by atoms with Gasteiger partial charge in [-0.2, -0.15) is 4.31 Å². The van der Waals surface area contributed by atoms with Gasteiger partial charge in [0, 0.05) is 13.5 Å². The second-order valence-electron chi connectivity index (χ2n) is 7.61. The maximum Gasteiger partial charge on any atom is 0.302 e. The average molecular weight is 365 g/mol. The van der Waals surface area contributed by atoms with Crippen molar-refractivity contribution in [2.75, 3.05) is 13.1 Å². The molecule has 0 unspecified atom stereocenters. The Balaban J connectivity index is 1.89. The molecule has 138 valence electrons. The van der Waals surface area contributed by atoms with Gasteiger partial charge in [0.1, 0.15) is 6.10 Å². The van der Waals surface area contributed by atoms with Crippen molar-refractivity contribution >= 4 is 16.0 Å². The van der Waals surface area contributed by atoms with Crippen LogP contribution >= 0.6 is 0 Å². The van der Waals surface area contributed by atoms with Gasteiger partial charge in [0.2, 0.25) is 10.0 Å². The first-order chi connectivity index (χ1) is 11.8. The number of aryl methyl sites for hydroxylation is 1. The fourth-order valence-corrected chi connectivity index (χ4v) is 5.88. The van der Waals surface area contributed by atoms with Crippen LogP contribution in [-0.4, -0.2) is 37.9 Å². The highest BCUT2D eigenvalue weighted by Gasteiger charge is 2.45. The van der Waals surface area contributed by atoms with E-state index in [1.807, 2.05) is 19.1 Å². The lowest BCUT2D eigenvalue weighted by molar-refractivity contribution is -0.151. The molecular formula is C19H27NO4S. The van der Waals surface area contributed by atoms with Crippen molar-refractivity contribution in [3.8, 4) is 0 Å². The standard InChI is InChI=1S/C19H27NO4S/c1-15-6-8-18(9-7-15)25(22,23)20-13-17(24-16(2)21)12-19(14-20)10-4-3-5-11-19/h6-9,17H,3-5,10-14H2,1-2H3/t17-/m1/s1. The summed E-state index contributed by atoms with van der Waals surface area (Å²) in [5, 5.41) is 0. The second-order valence-corrected chi connectivity index (χ2v) is 9.54. The zero-order chi connectivity index (χ0) is 18.1. The number of hydrogen-bond donors (Lipinski definition) is 0. The van der Waals surface area contributed by atoms with Crippen molar-refractivity contribution in [1.29, 1.82) is 0 Å². The summed E-state index contributed by atoms with van der Waals surface area (Å²) in [5.74, 6) is -0.342. The van der Waals surface area contributed by atoms with E-state index in [4.69, 9.17) is 4.74 Å². The van der Waals surface area contributed by atoms with E-state index in [-0.39, 0.29) is 24.0 Å². The number of carbonyl (C=O) groups excluding carboxylic acids is 1. The minimum absolute atomic E-state index is 0.0611. The average Bonchev–Trinajstić information content (AvgIpc) is 2.55. The van der Waals surface area contributed by atoms with Gasteiger partial charge in [0.15, 0.2) is 0 Å². The third-order valence-corrected chi connectivity index (χ3v) is 7.31. The number of hydrogen-bond acceptors (Lipinski definition) is 4. The van der Waals surface area contributed by atoms with E-state index < -0.39 is 10.0 Å². The summed E-state index contributed by atoms with van der Waals surface area (Å²) in [7, 11) is -3.58. The van der Waals surface area contributed by atoms with Crippen LogP contribution in [0, 0.1) is 12.3 Å². The molecule has 1 aliphatic heterocycles. The molecule has 2 aliphatic rings. The predicted molar refractivity (Wildman–Crippen MR) is 95.6 cm³/mol. The first-order valence-corrected chi connectivity index (χ1v) is 10.5. The summed E-state index contributed by atoms with van der Waals surface area (Å²) in [6.45, 7) is 4.10. The maximum absolute atomic E-state index is 13.1. The van der Waals surface area contributed by atoms with Crippen molar-refractivity contribution in [2.45, 2.75) is 63.4 Å². The molecule has 25 heavy (non-hydrogen) atoms. The normalized spacial score (nSPS) is 24.2. The molecule has 1 aromatic carbocycles. The van der Waals surface area contributed by atoms with Crippen LogP contribution in [0.3, 0.4) is 0 Å². The number of carbonyl (C=O) groups is 1. The number of ether oxygens (including phenoxy) is 1. The van der Waals surface area contributed by atoms with Crippen molar-refractivity contribution in [1.82, 2.24) is 4.31 Å². The van der Waals surface area contributed by atoms with Crippen molar-refractivity contribution in [3.63, 3.8) is 0 Å². The Morgan fingerprint density at radius 1 is 1.16 bits per heavy atom. The van der Waals surface area contributed by atoms with Crippen molar-refractivity contribution < 1.29 is 17.9 Å². The zero-order valence-electron chi connectivity index (χ0n) is 15.0. The van der Waals surface area contributed by atoms with Crippen molar-refractivity contribution in [2.24, 2.45) is 5.41 Å². The molecule has 1 atom stereocenters. The molecule has 0 bridgehead atoms. The minimum atomic E-state index is -3.58. The molecule has 0 aromatic heterocycles. The van der Waals surface area contributed by atoms with Crippen LogP contribution in [0.15, 0.2) is 29.2 Å². The van der Waals surface area contributed by atoms with Crippen LogP contribution in [0.2, 0.25) is 0 Å². The summed E-state index contributed by atoms with van der Waals surface area (Å²) in [4.78, 5) is 11.8. The lowest BCUT2D eigenvalue weighted by atomic mass is 9.69. The van der Waals surface area contributed by atoms with Crippen LogP contribution in [0.25, 0.3) is 0 Å². The Hall–Kier alpha value is -1.40. The lowest BCUT2D eigenvalue weighted by Gasteiger charge is -2.47. The number of esters is 1. The smallest absolute Gasteiger partial charge is 0.302 e. The largest absolute Gasteiger partial charge is 0.461 e. The first-order valence-electron chi connectivity index (χ1n) is 9.05. The van der Waals surface area contributed by atoms with E-state index >= 15 is 0 Å². The molecular weight excluding hydrogens is 338 g/mol. The van der Waals surface area contributed by atoms with E-state index in [9.17, 15) is 13.2 Å². The quantitative estimate of drug-likeness (QED) is 0.771. The molecule has 0 amide bonds. The molecule has 2 fully saturated rings. The van der Waals surface area contributed by atoms with Gasteiger partial charge < -0.3 is 4.74 Å². The molecule has 1 aliphatic carbocycles. The Kier molecular flexibility index (Phi) is 5.21. The van der Waals surface area contributed by atoms with E-state index in [1.54, 1.807) is 16.4 Å². The lowest BCUT2D eigenvalue weighted by Crippen LogP contribution is -2.53. The van der Waals surface area contributed by atoms with Crippen LogP contribution in [0.1, 0.15) is 51.0 Å². The van der Waals surface area contributed by atoms with Crippen LogP contribution in [0.4, 0.5) is 0 Å². The van der Waals surface area contributed by atoms with Gasteiger partial charge in [-0.25, -0.2) is 8.42 Å². The number of nitrogens with zero attached hydrogens (tertiary/aromatic N) is 1. The van der Waals surface area contributed by atoms with Gasteiger partial charge in [0.05, 0.1) is 11.4 Å². The van der Waals surface area contributed by atoms with Gasteiger partial charge in [-0.1, -0.05) is 37.0 Å². The molecule has 1 saturated carbocycles. The minimum Gasteiger partial charge on any atom is -0.461 e. The van der Waals surface area contributed by atoms with Gasteiger partial charge in [-0.05, 0) is 43.7 Å². The highest BCUT2D eigenvalue weighted by molar-refractivity contribution is 7.89. The Labute approximate surface area is 150 Å². The number of piperidine rings is 1. The molecule has 1 aromatic rings. The van der Waals surface area contributed by atoms with Gasteiger partial charge in [-0.15, -0.1) is 0 Å². The van der Waals surface area contributed by atoms with Gasteiger partial charge in [-0.3, -0.25) is 4.79 Å². The SMILES string of the molecule is CC(=O)O[C@H]1CN(S(=O)(=O)c2ccc(C)cc2)CC2(CCCCC2)C1. The second kappa shape index (κ2) is 7.08. The van der Waals surface area contributed by atoms with Crippen molar-refractivity contribution in [3.05, 3.63) is 29.8 Å². The number of rotatable bonds is 3. The molecule has 1 saturated heterocycles. The third kappa shape index (κ3) is 4.06. The van der Waals surface area contributed by atoms with E-state index in [1.165, 1.54) is 13.3 Å². The molecule has 1 heterocycles. The van der Waals surface area contributed by atoms with Crippen LogP contribution in [0.5, 0.6) is 0 Å². The molecule has 6 heteroatoms. The molecule has 5 nitrogen and oxygen atoms in total. The molecule has 0 N–H and O–H groups in total. The number of sulfonamides is 1. The van der Waals surface area contributed by atoms with E-state index in [2.05, 4.69) is 0 Å². The summed E-state index contributed by atoms with van der Waals surface area (Å²) in [6, 6.07) is 6.95. The van der Waals surface area contributed by atoms with Crippen LogP contribution in [-0.2, 0) is 19.6 Å². The summed E-state index contributed by atoms with van der Waals surface area (Å²) < 4.78 is 33.3. The van der Waals surface area contributed by atoms with E-state index in [0.717, 1.165) is 37.7 Å². The third-order valence-electron chi connectivity index (χ3n) is 5.49. The summed E-state index contributed by atoms with van der Waals surface area (Å²) in [5.41, 5.74) is 0.966. The predicted octanol–water partition coefficient (Wildman–Crippen LogP) is 3.27. The first kappa shape index (κ1) is 18.4. The van der Waals surface area contributed by atoms with E-state index in [0.29, 0.717) is 11.4 Å². The maximum atomic E-state index is 13.1.